The quantitative estimate of drug-likeness (QED) is 0.859. The third-order valence-corrected chi connectivity index (χ3v) is 5.01. The Morgan fingerprint density at radius 3 is 3.05 bits per heavy atom. The van der Waals surface area contributed by atoms with Gasteiger partial charge in [0, 0.05) is 10.9 Å². The second kappa shape index (κ2) is 4.68. The molecule has 4 rings (SSSR count). The van der Waals surface area contributed by atoms with Crippen LogP contribution < -0.4 is 0 Å². The Balaban J connectivity index is 1.53. The molecule has 2 fully saturated rings. The van der Waals surface area contributed by atoms with E-state index in [4.69, 9.17) is 0 Å². The Hall–Kier alpha value is -1.27. The molecule has 0 bridgehead atoms. The molecule has 0 spiro atoms. The van der Waals surface area contributed by atoms with Crippen molar-refractivity contribution in [2.45, 2.75) is 44.3 Å². The Bertz CT molecular complexity index is 545. The molecule has 1 atom stereocenters. The Morgan fingerprint density at radius 1 is 1.32 bits per heavy atom. The summed E-state index contributed by atoms with van der Waals surface area (Å²) in [6.45, 7) is 2.03. The first-order valence-corrected chi connectivity index (χ1v) is 7.84. The number of tetrazole rings is 1. The highest BCUT2D eigenvalue weighted by Crippen LogP contribution is 2.37. The van der Waals surface area contributed by atoms with Crippen LogP contribution in [0.2, 0.25) is 0 Å². The standard InChI is InChI=1S/C13H17N5S/c1-3-11(12-4-2-8-19-12)17(7-1)9-13-14-15-16-18(13)10-5-6-10/h2,4,8,10-11H,1,3,5-7,9H2. The van der Waals surface area contributed by atoms with Crippen LogP contribution in [0, 0.1) is 0 Å². The van der Waals surface area contributed by atoms with Gasteiger partial charge in [-0.1, -0.05) is 6.07 Å². The van der Waals surface area contributed by atoms with Crippen molar-refractivity contribution in [2.75, 3.05) is 6.54 Å². The van der Waals surface area contributed by atoms with E-state index in [2.05, 4.69) is 37.9 Å². The number of hydrogen-bond acceptors (Lipinski definition) is 5. The van der Waals surface area contributed by atoms with Gasteiger partial charge in [-0.05, 0) is 54.1 Å². The predicted octanol–water partition coefficient (Wildman–Crippen LogP) is 2.41. The van der Waals surface area contributed by atoms with Crippen molar-refractivity contribution in [3.8, 4) is 0 Å². The zero-order chi connectivity index (χ0) is 12.7. The zero-order valence-electron chi connectivity index (χ0n) is 10.8. The maximum absolute atomic E-state index is 4.22. The lowest BCUT2D eigenvalue weighted by molar-refractivity contribution is 0.240. The number of hydrogen-bond donors (Lipinski definition) is 0. The minimum absolute atomic E-state index is 0.560. The lowest BCUT2D eigenvalue weighted by atomic mass is 10.2. The lowest BCUT2D eigenvalue weighted by Crippen LogP contribution is -2.24. The van der Waals surface area contributed by atoms with E-state index in [9.17, 15) is 0 Å². The fourth-order valence-corrected chi connectivity index (χ4v) is 3.81. The van der Waals surface area contributed by atoms with Crippen molar-refractivity contribution in [1.82, 2.24) is 25.1 Å². The monoisotopic (exact) mass is 275 g/mol. The highest BCUT2D eigenvalue weighted by molar-refractivity contribution is 7.10. The molecular formula is C13H17N5S. The molecule has 1 aliphatic heterocycles. The lowest BCUT2D eigenvalue weighted by Gasteiger charge is -2.22. The zero-order valence-corrected chi connectivity index (χ0v) is 11.6. The first-order chi connectivity index (χ1) is 9.42. The normalized spacial score (nSPS) is 24.1. The van der Waals surface area contributed by atoms with Crippen molar-refractivity contribution in [3.05, 3.63) is 28.2 Å². The predicted molar refractivity (Wildman–Crippen MR) is 72.8 cm³/mol. The molecular weight excluding hydrogens is 258 g/mol. The molecule has 2 aromatic rings. The molecule has 0 N–H and O–H groups in total. The van der Waals surface area contributed by atoms with Crippen LogP contribution >= 0.6 is 11.3 Å². The van der Waals surface area contributed by atoms with Crippen LogP contribution in [-0.4, -0.2) is 31.7 Å². The van der Waals surface area contributed by atoms with Gasteiger partial charge in [0.25, 0.3) is 0 Å². The van der Waals surface area contributed by atoms with Crippen LogP contribution in [-0.2, 0) is 6.54 Å². The average Bonchev–Trinajstić information content (AvgIpc) is 2.90. The van der Waals surface area contributed by atoms with Crippen molar-refractivity contribution in [1.29, 1.82) is 0 Å². The highest BCUT2D eigenvalue weighted by atomic mass is 32.1. The van der Waals surface area contributed by atoms with Gasteiger partial charge in [-0.3, -0.25) is 4.90 Å². The molecule has 0 aromatic carbocycles. The molecule has 3 heterocycles. The van der Waals surface area contributed by atoms with Crippen molar-refractivity contribution < 1.29 is 0 Å². The van der Waals surface area contributed by atoms with E-state index in [1.54, 1.807) is 0 Å². The van der Waals surface area contributed by atoms with Gasteiger partial charge in [-0.2, -0.15) is 0 Å². The van der Waals surface area contributed by atoms with E-state index < -0.39 is 0 Å². The highest BCUT2D eigenvalue weighted by Gasteiger charge is 2.31. The third-order valence-electron chi connectivity index (χ3n) is 4.03. The summed E-state index contributed by atoms with van der Waals surface area (Å²) in [5.41, 5.74) is 0. The largest absolute Gasteiger partial charge is 0.288 e. The van der Waals surface area contributed by atoms with Crippen LogP contribution in [0.15, 0.2) is 17.5 Å². The van der Waals surface area contributed by atoms with E-state index in [0.717, 1.165) is 18.9 Å². The maximum Gasteiger partial charge on any atom is 0.165 e. The molecule has 2 aromatic heterocycles. The van der Waals surface area contributed by atoms with E-state index in [0.29, 0.717) is 12.1 Å². The van der Waals surface area contributed by atoms with E-state index in [1.807, 2.05) is 16.0 Å². The molecule has 5 nitrogen and oxygen atoms in total. The third kappa shape index (κ3) is 2.19. The van der Waals surface area contributed by atoms with Crippen LogP contribution in [0.25, 0.3) is 0 Å². The topological polar surface area (TPSA) is 46.8 Å². The summed E-state index contributed by atoms with van der Waals surface area (Å²) in [5, 5.41) is 14.4. The summed E-state index contributed by atoms with van der Waals surface area (Å²) in [6, 6.07) is 5.51. The number of likely N-dealkylation sites (tertiary alicyclic amines) is 1. The second-order valence-electron chi connectivity index (χ2n) is 5.41. The summed E-state index contributed by atoms with van der Waals surface area (Å²) in [5.74, 6) is 1.03. The minimum Gasteiger partial charge on any atom is -0.288 e. The molecule has 0 amide bonds. The van der Waals surface area contributed by atoms with E-state index in [1.165, 1.54) is 30.6 Å². The van der Waals surface area contributed by atoms with Crippen LogP contribution in [0.4, 0.5) is 0 Å². The minimum atomic E-state index is 0.560. The molecule has 1 saturated carbocycles. The SMILES string of the molecule is c1csc(C2CCCN2Cc2nnnn2C2CC2)c1. The van der Waals surface area contributed by atoms with Gasteiger partial charge in [-0.25, -0.2) is 4.68 Å². The van der Waals surface area contributed by atoms with Crippen molar-refractivity contribution in [2.24, 2.45) is 0 Å². The Kier molecular flexibility index (Phi) is 2.85. The maximum atomic E-state index is 4.22. The molecule has 1 unspecified atom stereocenters. The fourth-order valence-electron chi connectivity index (χ4n) is 2.92. The summed E-state index contributed by atoms with van der Waals surface area (Å²) in [6.07, 6.45) is 4.98. The Labute approximate surface area is 116 Å². The Morgan fingerprint density at radius 2 is 2.26 bits per heavy atom. The summed E-state index contributed by atoms with van der Waals surface area (Å²) in [7, 11) is 0. The van der Waals surface area contributed by atoms with Crippen LogP contribution in [0.1, 0.15) is 48.5 Å². The summed E-state index contributed by atoms with van der Waals surface area (Å²) < 4.78 is 2.03. The molecule has 6 heteroatoms. The van der Waals surface area contributed by atoms with Crippen LogP contribution in [0.3, 0.4) is 0 Å². The fraction of sp³-hybridized carbons (Fsp3) is 0.615. The van der Waals surface area contributed by atoms with Crippen molar-refractivity contribution in [3.63, 3.8) is 0 Å². The smallest absolute Gasteiger partial charge is 0.165 e. The first kappa shape index (κ1) is 11.5. The van der Waals surface area contributed by atoms with E-state index >= 15 is 0 Å². The van der Waals surface area contributed by atoms with Crippen LogP contribution in [0.5, 0.6) is 0 Å². The number of nitrogens with zero attached hydrogens (tertiary/aromatic N) is 5. The second-order valence-corrected chi connectivity index (χ2v) is 6.39. The van der Waals surface area contributed by atoms with Gasteiger partial charge in [0.15, 0.2) is 5.82 Å². The van der Waals surface area contributed by atoms with Gasteiger partial charge in [0.2, 0.25) is 0 Å². The first-order valence-electron chi connectivity index (χ1n) is 6.96. The molecule has 1 saturated heterocycles. The molecule has 2 aliphatic rings. The van der Waals surface area contributed by atoms with Gasteiger partial charge in [0.1, 0.15) is 0 Å². The molecule has 0 radical (unpaired) electrons. The number of thiophene rings is 1. The number of aromatic nitrogens is 4. The molecule has 19 heavy (non-hydrogen) atoms. The molecule has 100 valence electrons. The average molecular weight is 275 g/mol. The molecule has 1 aliphatic carbocycles. The number of rotatable bonds is 4. The van der Waals surface area contributed by atoms with Gasteiger partial charge < -0.3 is 0 Å². The van der Waals surface area contributed by atoms with Gasteiger partial charge >= 0.3 is 0 Å². The van der Waals surface area contributed by atoms with Gasteiger partial charge in [-0.15, -0.1) is 16.4 Å². The van der Waals surface area contributed by atoms with Gasteiger partial charge in [0.05, 0.1) is 12.6 Å². The van der Waals surface area contributed by atoms with E-state index in [-0.39, 0.29) is 0 Å². The summed E-state index contributed by atoms with van der Waals surface area (Å²) in [4.78, 5) is 4.00. The van der Waals surface area contributed by atoms with Crippen molar-refractivity contribution >= 4 is 11.3 Å². The summed E-state index contributed by atoms with van der Waals surface area (Å²) >= 11 is 1.86.